The number of carbonyl (C=O) groups excluding carboxylic acids is 2. The van der Waals surface area contributed by atoms with Gasteiger partial charge in [-0.2, -0.15) is 0 Å². The topological polar surface area (TPSA) is 90.3 Å². The number of esters is 1. The minimum atomic E-state index is -0.504. The number of aromatic nitrogens is 2. The predicted molar refractivity (Wildman–Crippen MR) is 117 cm³/mol. The number of para-hydroxylation sites is 1. The van der Waals surface area contributed by atoms with Gasteiger partial charge in [0.1, 0.15) is 0 Å². The van der Waals surface area contributed by atoms with E-state index in [1.54, 1.807) is 12.1 Å². The van der Waals surface area contributed by atoms with Gasteiger partial charge >= 0.3 is 5.97 Å². The highest BCUT2D eigenvalue weighted by atomic mass is 32.2. The number of benzene rings is 2. The molecule has 0 radical (unpaired) electrons. The van der Waals surface area contributed by atoms with Crippen LogP contribution < -0.4 is 10.9 Å². The molecule has 1 aromatic heterocycles. The van der Waals surface area contributed by atoms with Crippen molar-refractivity contribution in [2.75, 3.05) is 19.4 Å². The molecule has 8 heteroatoms. The molecule has 156 valence electrons. The number of amides is 1. The predicted octanol–water partition coefficient (Wildman–Crippen LogP) is 3.18. The summed E-state index contributed by atoms with van der Waals surface area (Å²) in [6.07, 6.45) is 1.91. The van der Waals surface area contributed by atoms with Crippen molar-refractivity contribution < 1.29 is 14.3 Å². The fraction of sp³-hybridized carbons (Fsp3) is 0.273. The number of thioether (sulfide) groups is 1. The van der Waals surface area contributed by atoms with Gasteiger partial charge in [-0.25, -0.2) is 9.78 Å². The molecule has 0 aliphatic heterocycles. The van der Waals surface area contributed by atoms with Gasteiger partial charge in [-0.15, -0.1) is 0 Å². The van der Waals surface area contributed by atoms with Gasteiger partial charge in [-0.1, -0.05) is 43.3 Å². The number of rotatable bonds is 8. The summed E-state index contributed by atoms with van der Waals surface area (Å²) in [5.41, 5.74) is 1.07. The van der Waals surface area contributed by atoms with E-state index in [-0.39, 0.29) is 17.2 Å². The molecular weight excluding hydrogens is 402 g/mol. The van der Waals surface area contributed by atoms with Crippen molar-refractivity contribution in [3.05, 3.63) is 64.4 Å². The Kier molecular flexibility index (Phi) is 7.24. The third kappa shape index (κ3) is 4.88. The standard InChI is InChI=1S/C22H23N3O4S/c1-3-4-12-23-19(26)14-30-22-24-18-13-15(21(28)29-2)10-11-17(18)20(27)25(22)16-8-6-5-7-9-16/h5-11,13H,3-4,12,14H2,1-2H3,(H,23,26). The maximum atomic E-state index is 13.2. The Morgan fingerprint density at radius 1 is 1.17 bits per heavy atom. The van der Waals surface area contributed by atoms with Crippen molar-refractivity contribution in [3.63, 3.8) is 0 Å². The molecule has 0 bridgehead atoms. The first kappa shape index (κ1) is 21.6. The van der Waals surface area contributed by atoms with E-state index in [9.17, 15) is 14.4 Å². The number of unbranched alkanes of at least 4 members (excludes halogenated alkanes) is 1. The molecule has 0 saturated carbocycles. The Bertz CT molecular complexity index is 1110. The van der Waals surface area contributed by atoms with Gasteiger partial charge in [0, 0.05) is 6.54 Å². The number of hydrogen-bond acceptors (Lipinski definition) is 6. The summed E-state index contributed by atoms with van der Waals surface area (Å²) in [4.78, 5) is 41.9. The first-order valence-corrected chi connectivity index (χ1v) is 10.6. The summed E-state index contributed by atoms with van der Waals surface area (Å²) in [5, 5.41) is 3.62. The first-order chi connectivity index (χ1) is 14.5. The summed E-state index contributed by atoms with van der Waals surface area (Å²) in [5.74, 6) is -0.494. The highest BCUT2D eigenvalue weighted by molar-refractivity contribution is 7.99. The molecule has 1 heterocycles. The van der Waals surface area contributed by atoms with E-state index in [0.717, 1.165) is 12.8 Å². The normalized spacial score (nSPS) is 10.7. The fourth-order valence-electron chi connectivity index (χ4n) is 2.90. The molecule has 0 aliphatic carbocycles. The molecule has 2 aromatic carbocycles. The summed E-state index contributed by atoms with van der Waals surface area (Å²) in [6.45, 7) is 2.68. The lowest BCUT2D eigenvalue weighted by molar-refractivity contribution is -0.118. The summed E-state index contributed by atoms with van der Waals surface area (Å²) in [6, 6.07) is 13.8. The van der Waals surface area contributed by atoms with Crippen LogP contribution in [0.15, 0.2) is 58.5 Å². The SMILES string of the molecule is CCCCNC(=O)CSc1nc2cc(C(=O)OC)ccc2c(=O)n1-c1ccccc1. The molecule has 0 saturated heterocycles. The van der Waals surface area contributed by atoms with Gasteiger partial charge in [-0.3, -0.25) is 14.2 Å². The Morgan fingerprint density at radius 3 is 2.63 bits per heavy atom. The van der Waals surface area contributed by atoms with Gasteiger partial charge in [0.2, 0.25) is 5.91 Å². The molecule has 3 aromatic rings. The average molecular weight is 426 g/mol. The highest BCUT2D eigenvalue weighted by Gasteiger charge is 2.16. The molecule has 30 heavy (non-hydrogen) atoms. The maximum Gasteiger partial charge on any atom is 0.337 e. The Labute approximate surface area is 178 Å². The number of fused-ring (bicyclic) bond motifs is 1. The van der Waals surface area contributed by atoms with E-state index in [2.05, 4.69) is 17.2 Å². The second-order valence-electron chi connectivity index (χ2n) is 6.59. The van der Waals surface area contributed by atoms with E-state index in [1.807, 2.05) is 30.3 Å². The van der Waals surface area contributed by atoms with Crippen molar-refractivity contribution in [3.8, 4) is 5.69 Å². The molecular formula is C22H23N3O4S. The van der Waals surface area contributed by atoms with Crippen LogP contribution in [-0.2, 0) is 9.53 Å². The van der Waals surface area contributed by atoms with Gasteiger partial charge in [-0.05, 0) is 36.8 Å². The van der Waals surface area contributed by atoms with Crippen LogP contribution >= 0.6 is 11.8 Å². The van der Waals surface area contributed by atoms with Gasteiger partial charge in [0.15, 0.2) is 5.16 Å². The summed E-state index contributed by atoms with van der Waals surface area (Å²) >= 11 is 1.18. The van der Waals surface area contributed by atoms with E-state index in [0.29, 0.717) is 33.9 Å². The third-order valence-corrected chi connectivity index (χ3v) is 5.40. The van der Waals surface area contributed by atoms with Crippen molar-refractivity contribution in [2.45, 2.75) is 24.9 Å². The number of carbonyl (C=O) groups is 2. The number of nitrogens with one attached hydrogen (secondary N) is 1. The van der Waals surface area contributed by atoms with Gasteiger partial charge in [0.05, 0.1) is 35.0 Å². The Hall–Kier alpha value is -3.13. The smallest absolute Gasteiger partial charge is 0.337 e. The zero-order valence-electron chi connectivity index (χ0n) is 16.9. The van der Waals surface area contributed by atoms with Crippen molar-refractivity contribution in [2.24, 2.45) is 0 Å². The van der Waals surface area contributed by atoms with E-state index in [4.69, 9.17) is 4.74 Å². The molecule has 0 aliphatic rings. The molecule has 0 fully saturated rings. The second kappa shape index (κ2) is 10.1. The summed E-state index contributed by atoms with van der Waals surface area (Å²) in [7, 11) is 1.30. The van der Waals surface area contributed by atoms with Crippen molar-refractivity contribution >= 4 is 34.5 Å². The molecule has 7 nitrogen and oxygen atoms in total. The molecule has 0 spiro atoms. The summed E-state index contributed by atoms with van der Waals surface area (Å²) < 4.78 is 6.25. The lowest BCUT2D eigenvalue weighted by Crippen LogP contribution is -2.27. The number of hydrogen-bond donors (Lipinski definition) is 1. The largest absolute Gasteiger partial charge is 0.465 e. The van der Waals surface area contributed by atoms with Crippen molar-refractivity contribution in [1.82, 2.24) is 14.9 Å². The van der Waals surface area contributed by atoms with Crippen LogP contribution in [0, 0.1) is 0 Å². The van der Waals surface area contributed by atoms with E-state index >= 15 is 0 Å². The minimum Gasteiger partial charge on any atom is -0.465 e. The third-order valence-electron chi connectivity index (χ3n) is 4.46. The zero-order valence-corrected chi connectivity index (χ0v) is 17.7. The molecule has 0 unspecified atom stereocenters. The quantitative estimate of drug-likeness (QED) is 0.258. The number of methoxy groups -OCH3 is 1. The lowest BCUT2D eigenvalue weighted by atomic mass is 10.1. The highest BCUT2D eigenvalue weighted by Crippen LogP contribution is 2.22. The van der Waals surface area contributed by atoms with Crippen LogP contribution in [0.4, 0.5) is 0 Å². The molecule has 3 rings (SSSR count). The Balaban J connectivity index is 2.03. The maximum absolute atomic E-state index is 13.2. The zero-order chi connectivity index (χ0) is 21.5. The average Bonchev–Trinajstić information content (AvgIpc) is 2.77. The molecule has 1 N–H and O–H groups in total. The van der Waals surface area contributed by atoms with E-state index < -0.39 is 5.97 Å². The number of nitrogens with zero attached hydrogens (tertiary/aromatic N) is 2. The van der Waals surface area contributed by atoms with Crippen LogP contribution in [0.1, 0.15) is 30.1 Å². The van der Waals surface area contributed by atoms with Crippen LogP contribution in [0.25, 0.3) is 16.6 Å². The number of ether oxygens (including phenoxy) is 1. The minimum absolute atomic E-state index is 0.120. The molecule has 0 atom stereocenters. The fourth-order valence-corrected chi connectivity index (χ4v) is 3.74. The van der Waals surface area contributed by atoms with Crippen molar-refractivity contribution in [1.29, 1.82) is 0 Å². The van der Waals surface area contributed by atoms with Crippen LogP contribution in [-0.4, -0.2) is 40.8 Å². The monoisotopic (exact) mass is 425 g/mol. The first-order valence-electron chi connectivity index (χ1n) is 9.65. The van der Waals surface area contributed by atoms with Crippen LogP contribution in [0.3, 0.4) is 0 Å². The lowest BCUT2D eigenvalue weighted by Gasteiger charge is -2.13. The van der Waals surface area contributed by atoms with Crippen LogP contribution in [0.2, 0.25) is 0 Å². The van der Waals surface area contributed by atoms with Gasteiger partial charge < -0.3 is 10.1 Å². The second-order valence-corrected chi connectivity index (χ2v) is 7.53. The molecule has 1 amide bonds. The van der Waals surface area contributed by atoms with Crippen LogP contribution in [0.5, 0.6) is 0 Å². The Morgan fingerprint density at radius 2 is 1.93 bits per heavy atom. The van der Waals surface area contributed by atoms with Gasteiger partial charge in [0.25, 0.3) is 5.56 Å². The van der Waals surface area contributed by atoms with E-state index in [1.165, 1.54) is 29.5 Å².